The number of nitrogens with one attached hydrogen (secondary N) is 1. The summed E-state index contributed by atoms with van der Waals surface area (Å²) in [6, 6.07) is 6.62. The van der Waals surface area contributed by atoms with Crippen molar-refractivity contribution in [1.82, 2.24) is 4.98 Å². The quantitative estimate of drug-likeness (QED) is 0.869. The summed E-state index contributed by atoms with van der Waals surface area (Å²) in [6.07, 6.45) is 0. The first-order valence-electron chi connectivity index (χ1n) is 6.59. The Morgan fingerprint density at radius 3 is 2.33 bits per heavy atom. The number of rotatable bonds is 4. The summed E-state index contributed by atoms with van der Waals surface area (Å²) in [5, 5.41) is 0.314. The van der Waals surface area contributed by atoms with Crippen molar-refractivity contribution in [2.75, 3.05) is 13.2 Å². The number of carbonyl (C=O) groups excluding carboxylic acids is 2. The maximum absolute atomic E-state index is 12.4. The maximum atomic E-state index is 12.4. The van der Waals surface area contributed by atoms with E-state index >= 15 is 0 Å². The monoisotopic (exact) mass is 289 g/mol. The normalized spacial score (nSPS) is 10.4. The highest BCUT2D eigenvalue weighted by Crippen LogP contribution is 2.13. The molecule has 0 aliphatic rings. The number of carbonyl (C=O) groups is 2. The number of pyridine rings is 1. The van der Waals surface area contributed by atoms with Gasteiger partial charge in [-0.1, -0.05) is 12.1 Å². The summed E-state index contributed by atoms with van der Waals surface area (Å²) in [7, 11) is 0. The van der Waals surface area contributed by atoms with Crippen molar-refractivity contribution in [2.45, 2.75) is 13.8 Å². The average Bonchev–Trinajstić information content (AvgIpc) is 2.47. The number of benzene rings is 1. The summed E-state index contributed by atoms with van der Waals surface area (Å²) < 4.78 is 9.74. The predicted molar refractivity (Wildman–Crippen MR) is 76.5 cm³/mol. The average molecular weight is 289 g/mol. The highest BCUT2D eigenvalue weighted by Gasteiger charge is 2.25. The predicted octanol–water partition coefficient (Wildman–Crippen LogP) is 1.88. The number of hydrogen-bond acceptors (Lipinski definition) is 5. The molecule has 0 unspecified atom stereocenters. The van der Waals surface area contributed by atoms with E-state index in [4.69, 9.17) is 9.47 Å². The lowest BCUT2D eigenvalue weighted by atomic mass is 10.1. The van der Waals surface area contributed by atoms with E-state index in [-0.39, 0.29) is 24.5 Å². The van der Waals surface area contributed by atoms with Gasteiger partial charge in [0.15, 0.2) is 0 Å². The molecule has 0 saturated carbocycles. The zero-order valence-electron chi connectivity index (χ0n) is 11.8. The lowest BCUT2D eigenvalue weighted by Gasteiger charge is -2.09. The molecule has 1 aromatic heterocycles. The molecule has 0 radical (unpaired) electrons. The van der Waals surface area contributed by atoms with E-state index < -0.39 is 17.4 Å². The number of hydrogen-bond donors (Lipinski definition) is 1. The Labute approximate surface area is 120 Å². The van der Waals surface area contributed by atoms with Gasteiger partial charge in [0, 0.05) is 10.9 Å². The van der Waals surface area contributed by atoms with Gasteiger partial charge < -0.3 is 14.5 Å². The van der Waals surface area contributed by atoms with E-state index in [9.17, 15) is 14.4 Å². The molecule has 110 valence electrons. The summed E-state index contributed by atoms with van der Waals surface area (Å²) in [5.74, 6) is -1.60. The largest absolute Gasteiger partial charge is 0.462 e. The van der Waals surface area contributed by atoms with Crippen molar-refractivity contribution in [2.24, 2.45) is 0 Å². The Morgan fingerprint density at radius 2 is 1.67 bits per heavy atom. The van der Waals surface area contributed by atoms with Gasteiger partial charge in [-0.3, -0.25) is 4.79 Å². The lowest BCUT2D eigenvalue weighted by Crippen LogP contribution is -2.25. The van der Waals surface area contributed by atoms with Crippen molar-refractivity contribution in [1.29, 1.82) is 0 Å². The zero-order chi connectivity index (χ0) is 15.4. The molecule has 1 heterocycles. The van der Waals surface area contributed by atoms with Crippen LogP contribution in [-0.2, 0) is 9.47 Å². The van der Waals surface area contributed by atoms with Crippen LogP contribution in [0, 0.1) is 0 Å². The molecule has 6 nitrogen and oxygen atoms in total. The molecule has 0 spiro atoms. The fraction of sp³-hybridized carbons (Fsp3) is 0.267. The van der Waals surface area contributed by atoms with Crippen LogP contribution < -0.4 is 5.43 Å². The number of aromatic nitrogens is 1. The molecule has 0 amide bonds. The highest BCUT2D eigenvalue weighted by atomic mass is 16.5. The zero-order valence-corrected chi connectivity index (χ0v) is 11.8. The molecule has 21 heavy (non-hydrogen) atoms. The van der Waals surface area contributed by atoms with Gasteiger partial charge in [-0.2, -0.15) is 0 Å². The van der Waals surface area contributed by atoms with Crippen LogP contribution in [0.1, 0.15) is 34.7 Å². The minimum absolute atomic E-state index is 0.105. The van der Waals surface area contributed by atoms with Crippen LogP contribution in [0.5, 0.6) is 0 Å². The summed E-state index contributed by atoms with van der Waals surface area (Å²) in [6.45, 7) is 3.50. The van der Waals surface area contributed by atoms with Gasteiger partial charge in [0.25, 0.3) is 0 Å². The first-order valence-corrected chi connectivity index (χ1v) is 6.59. The molecule has 0 atom stereocenters. The molecule has 1 N–H and O–H groups in total. The second-order valence-electron chi connectivity index (χ2n) is 4.19. The second-order valence-corrected chi connectivity index (χ2v) is 4.19. The van der Waals surface area contributed by atoms with E-state index in [2.05, 4.69) is 4.98 Å². The van der Waals surface area contributed by atoms with Gasteiger partial charge in [0.2, 0.25) is 5.43 Å². The minimum Gasteiger partial charge on any atom is -0.462 e. The van der Waals surface area contributed by atoms with Crippen LogP contribution in [0.4, 0.5) is 0 Å². The van der Waals surface area contributed by atoms with E-state index in [0.29, 0.717) is 10.9 Å². The van der Waals surface area contributed by atoms with Gasteiger partial charge in [0.1, 0.15) is 11.3 Å². The van der Waals surface area contributed by atoms with Gasteiger partial charge in [-0.25, -0.2) is 9.59 Å². The van der Waals surface area contributed by atoms with E-state index in [1.807, 2.05) is 0 Å². The van der Waals surface area contributed by atoms with Crippen molar-refractivity contribution in [3.05, 3.63) is 45.7 Å². The molecule has 1 aromatic carbocycles. The Bertz CT molecular complexity index is 747. The molecule has 2 rings (SSSR count). The fourth-order valence-electron chi connectivity index (χ4n) is 1.99. The van der Waals surface area contributed by atoms with Crippen LogP contribution in [-0.4, -0.2) is 30.1 Å². The molecule has 0 aliphatic heterocycles. The van der Waals surface area contributed by atoms with Gasteiger partial charge in [-0.15, -0.1) is 0 Å². The maximum Gasteiger partial charge on any atom is 0.355 e. The van der Waals surface area contributed by atoms with Gasteiger partial charge >= 0.3 is 11.9 Å². The SMILES string of the molecule is CCOC(=O)c1[nH]c2ccccc2c(=O)c1C(=O)OCC. The molecule has 0 aliphatic carbocycles. The van der Waals surface area contributed by atoms with Crippen LogP contribution in [0.2, 0.25) is 0 Å². The first-order chi connectivity index (χ1) is 10.1. The molecule has 0 bridgehead atoms. The number of ether oxygens (including phenoxy) is 2. The smallest absolute Gasteiger partial charge is 0.355 e. The molecular formula is C15H15NO5. The van der Waals surface area contributed by atoms with Gasteiger partial charge in [0.05, 0.1) is 13.2 Å². The summed E-state index contributed by atoms with van der Waals surface area (Å²) in [5.41, 5.74) is -0.600. The minimum atomic E-state index is -0.840. The van der Waals surface area contributed by atoms with Crippen LogP contribution in [0.25, 0.3) is 10.9 Å². The highest BCUT2D eigenvalue weighted by molar-refractivity contribution is 6.04. The van der Waals surface area contributed by atoms with Crippen LogP contribution in [0.15, 0.2) is 29.1 Å². The molecule has 6 heteroatoms. The second kappa shape index (κ2) is 6.21. The Balaban J connectivity index is 2.74. The third kappa shape index (κ3) is 2.79. The number of esters is 2. The van der Waals surface area contributed by atoms with Gasteiger partial charge in [-0.05, 0) is 26.0 Å². The van der Waals surface area contributed by atoms with E-state index in [1.54, 1.807) is 38.1 Å². The van der Waals surface area contributed by atoms with Crippen molar-refractivity contribution < 1.29 is 19.1 Å². The number of aromatic amines is 1. The molecular weight excluding hydrogens is 274 g/mol. The summed E-state index contributed by atoms with van der Waals surface area (Å²) in [4.78, 5) is 39.2. The third-order valence-corrected chi connectivity index (χ3v) is 2.87. The van der Waals surface area contributed by atoms with Crippen LogP contribution in [0.3, 0.4) is 0 Å². The number of fused-ring (bicyclic) bond motifs is 1. The van der Waals surface area contributed by atoms with E-state index in [0.717, 1.165) is 0 Å². The number of H-pyrrole nitrogens is 1. The number of para-hydroxylation sites is 1. The van der Waals surface area contributed by atoms with E-state index in [1.165, 1.54) is 0 Å². The molecule has 0 fully saturated rings. The standard InChI is InChI=1S/C15H15NO5/c1-3-20-14(18)11-12(15(19)21-4-2)16-10-8-6-5-7-9(10)13(11)17/h5-8H,3-4H2,1-2H3,(H,16,17). The van der Waals surface area contributed by atoms with Crippen molar-refractivity contribution in [3.63, 3.8) is 0 Å². The Kier molecular flexibility index (Phi) is 4.37. The van der Waals surface area contributed by atoms with Crippen molar-refractivity contribution >= 4 is 22.8 Å². The summed E-state index contributed by atoms with van der Waals surface area (Å²) >= 11 is 0. The molecule has 2 aromatic rings. The molecule has 0 saturated heterocycles. The van der Waals surface area contributed by atoms with Crippen LogP contribution >= 0.6 is 0 Å². The topological polar surface area (TPSA) is 85.5 Å². The van der Waals surface area contributed by atoms with Crippen molar-refractivity contribution in [3.8, 4) is 0 Å². The first kappa shape index (κ1) is 14.8. The Morgan fingerprint density at radius 1 is 1.05 bits per heavy atom. The third-order valence-electron chi connectivity index (χ3n) is 2.87. The fourth-order valence-corrected chi connectivity index (χ4v) is 1.99. The lowest BCUT2D eigenvalue weighted by molar-refractivity contribution is 0.0473. The Hall–Kier alpha value is -2.63.